The number of amides is 1. The van der Waals surface area contributed by atoms with Gasteiger partial charge >= 0.3 is 5.97 Å². The van der Waals surface area contributed by atoms with E-state index in [1.54, 1.807) is 0 Å². The number of ether oxygens (including phenoxy) is 1. The Morgan fingerprint density at radius 3 is 2.75 bits per heavy atom. The maximum absolute atomic E-state index is 12.0. The second-order valence-electron chi connectivity index (χ2n) is 3.75. The standard InChI is InChI=1S/C12H11N3O4S/c1-19-9-3-2-6(11(17)18)4-7(9)14-10(16)8-5-20-12(13)15-8/h2-5H,1H3,(H2,13,15)(H,14,16)(H,17,18). The molecule has 4 N–H and O–H groups in total. The van der Waals surface area contributed by atoms with Gasteiger partial charge in [0.15, 0.2) is 5.13 Å². The number of hydrogen-bond donors (Lipinski definition) is 3. The number of thiazole rings is 1. The lowest BCUT2D eigenvalue weighted by Gasteiger charge is -2.10. The first-order chi connectivity index (χ1) is 9.51. The number of anilines is 2. The minimum atomic E-state index is -1.10. The molecule has 0 saturated carbocycles. The quantitative estimate of drug-likeness (QED) is 0.790. The monoisotopic (exact) mass is 293 g/mol. The number of nitrogens with one attached hydrogen (secondary N) is 1. The van der Waals surface area contributed by atoms with E-state index in [1.807, 2.05) is 0 Å². The van der Waals surface area contributed by atoms with Gasteiger partial charge in [-0.2, -0.15) is 0 Å². The zero-order valence-corrected chi connectivity index (χ0v) is 11.2. The van der Waals surface area contributed by atoms with E-state index >= 15 is 0 Å². The van der Waals surface area contributed by atoms with Crippen molar-refractivity contribution in [3.05, 3.63) is 34.8 Å². The van der Waals surface area contributed by atoms with Crippen LogP contribution in [0.25, 0.3) is 0 Å². The number of carboxylic acids is 1. The predicted molar refractivity (Wildman–Crippen MR) is 74.4 cm³/mol. The Balaban J connectivity index is 2.29. The summed E-state index contributed by atoms with van der Waals surface area (Å²) in [6.45, 7) is 0. The van der Waals surface area contributed by atoms with Gasteiger partial charge in [-0.25, -0.2) is 9.78 Å². The first-order valence-corrected chi connectivity index (χ1v) is 6.33. The topological polar surface area (TPSA) is 115 Å². The fourth-order valence-corrected chi connectivity index (χ4v) is 2.06. The summed E-state index contributed by atoms with van der Waals surface area (Å²) in [6.07, 6.45) is 0. The molecule has 1 heterocycles. The number of hydrogen-bond acceptors (Lipinski definition) is 6. The average Bonchev–Trinajstić information content (AvgIpc) is 2.85. The predicted octanol–water partition coefficient (Wildman–Crippen LogP) is 1.68. The van der Waals surface area contributed by atoms with Gasteiger partial charge in [-0.1, -0.05) is 0 Å². The molecule has 104 valence electrons. The molecule has 8 heteroatoms. The molecule has 20 heavy (non-hydrogen) atoms. The molecule has 0 aliphatic rings. The summed E-state index contributed by atoms with van der Waals surface area (Å²) < 4.78 is 5.07. The van der Waals surface area contributed by atoms with Crippen molar-refractivity contribution in [3.63, 3.8) is 0 Å². The fourth-order valence-electron chi connectivity index (χ4n) is 1.52. The Morgan fingerprint density at radius 2 is 2.20 bits per heavy atom. The Kier molecular flexibility index (Phi) is 3.85. The summed E-state index contributed by atoms with van der Waals surface area (Å²) in [4.78, 5) is 26.7. The largest absolute Gasteiger partial charge is 0.495 e. The number of methoxy groups -OCH3 is 1. The van der Waals surface area contributed by atoms with Crippen LogP contribution in [0.2, 0.25) is 0 Å². The molecule has 7 nitrogen and oxygen atoms in total. The lowest BCUT2D eigenvalue weighted by molar-refractivity contribution is 0.0696. The van der Waals surface area contributed by atoms with Crippen LogP contribution < -0.4 is 15.8 Å². The van der Waals surface area contributed by atoms with E-state index in [0.717, 1.165) is 11.3 Å². The molecular weight excluding hydrogens is 282 g/mol. The lowest BCUT2D eigenvalue weighted by atomic mass is 10.2. The third-order valence-electron chi connectivity index (χ3n) is 2.45. The van der Waals surface area contributed by atoms with Crippen molar-refractivity contribution in [1.29, 1.82) is 0 Å². The van der Waals surface area contributed by atoms with Crippen molar-refractivity contribution >= 4 is 34.0 Å². The highest BCUT2D eigenvalue weighted by atomic mass is 32.1. The van der Waals surface area contributed by atoms with Crippen molar-refractivity contribution in [1.82, 2.24) is 4.98 Å². The molecule has 1 aromatic carbocycles. The molecule has 0 fully saturated rings. The van der Waals surface area contributed by atoms with Gasteiger partial charge < -0.3 is 20.9 Å². The molecule has 0 atom stereocenters. The number of nitrogens with zero attached hydrogens (tertiary/aromatic N) is 1. The number of carbonyl (C=O) groups excluding carboxylic acids is 1. The molecular formula is C12H11N3O4S. The molecule has 0 unspecified atom stereocenters. The summed E-state index contributed by atoms with van der Waals surface area (Å²) in [5.74, 6) is -1.23. The van der Waals surface area contributed by atoms with Gasteiger partial charge in [0.2, 0.25) is 0 Å². The van der Waals surface area contributed by atoms with E-state index < -0.39 is 11.9 Å². The summed E-state index contributed by atoms with van der Waals surface area (Å²) in [6, 6.07) is 4.17. The summed E-state index contributed by atoms with van der Waals surface area (Å²) in [7, 11) is 1.42. The van der Waals surface area contributed by atoms with E-state index in [9.17, 15) is 9.59 Å². The number of rotatable bonds is 4. The third-order valence-corrected chi connectivity index (χ3v) is 3.12. The minimum Gasteiger partial charge on any atom is -0.495 e. The first-order valence-electron chi connectivity index (χ1n) is 5.45. The number of carboxylic acid groups (broad SMARTS) is 1. The zero-order valence-electron chi connectivity index (χ0n) is 10.4. The highest BCUT2D eigenvalue weighted by Gasteiger charge is 2.14. The highest BCUT2D eigenvalue weighted by molar-refractivity contribution is 7.13. The van der Waals surface area contributed by atoms with Gasteiger partial charge in [-0.3, -0.25) is 4.79 Å². The Labute approximate surface area is 118 Å². The molecule has 2 rings (SSSR count). The fraction of sp³-hybridized carbons (Fsp3) is 0.0833. The molecule has 0 bridgehead atoms. The normalized spacial score (nSPS) is 10.1. The zero-order chi connectivity index (χ0) is 14.7. The van der Waals surface area contributed by atoms with Crippen molar-refractivity contribution in [2.24, 2.45) is 0 Å². The van der Waals surface area contributed by atoms with Crippen LogP contribution in [0.5, 0.6) is 5.75 Å². The SMILES string of the molecule is COc1ccc(C(=O)O)cc1NC(=O)c1csc(N)n1. The van der Waals surface area contributed by atoms with Gasteiger partial charge in [0, 0.05) is 5.38 Å². The Morgan fingerprint density at radius 1 is 1.45 bits per heavy atom. The number of carbonyl (C=O) groups is 2. The molecule has 0 radical (unpaired) electrons. The van der Waals surface area contributed by atoms with Crippen LogP contribution >= 0.6 is 11.3 Å². The van der Waals surface area contributed by atoms with Crippen LogP contribution in [-0.2, 0) is 0 Å². The summed E-state index contributed by atoms with van der Waals surface area (Å²) >= 11 is 1.14. The van der Waals surface area contributed by atoms with Crippen LogP contribution in [0.4, 0.5) is 10.8 Å². The van der Waals surface area contributed by atoms with Crippen molar-refractivity contribution in [2.75, 3.05) is 18.2 Å². The van der Waals surface area contributed by atoms with Crippen LogP contribution in [0, 0.1) is 0 Å². The van der Waals surface area contributed by atoms with E-state index in [1.165, 1.54) is 30.7 Å². The van der Waals surface area contributed by atoms with E-state index in [4.69, 9.17) is 15.6 Å². The number of aromatic carboxylic acids is 1. The van der Waals surface area contributed by atoms with E-state index in [2.05, 4.69) is 10.3 Å². The number of benzene rings is 1. The summed E-state index contributed by atoms with van der Waals surface area (Å²) in [5.41, 5.74) is 5.91. The second kappa shape index (κ2) is 5.57. The Hall–Kier alpha value is -2.61. The highest BCUT2D eigenvalue weighted by Crippen LogP contribution is 2.26. The lowest BCUT2D eigenvalue weighted by Crippen LogP contribution is -2.14. The van der Waals surface area contributed by atoms with Crippen LogP contribution in [0.15, 0.2) is 23.6 Å². The second-order valence-corrected chi connectivity index (χ2v) is 4.64. The number of aromatic nitrogens is 1. The molecule has 0 saturated heterocycles. The van der Waals surface area contributed by atoms with Crippen molar-refractivity contribution in [2.45, 2.75) is 0 Å². The smallest absolute Gasteiger partial charge is 0.335 e. The van der Waals surface area contributed by atoms with Crippen molar-refractivity contribution < 1.29 is 19.4 Å². The van der Waals surface area contributed by atoms with E-state index in [-0.39, 0.29) is 22.1 Å². The number of nitrogens with two attached hydrogens (primary N) is 1. The van der Waals surface area contributed by atoms with Gasteiger partial charge in [0.1, 0.15) is 11.4 Å². The third kappa shape index (κ3) is 2.86. The van der Waals surface area contributed by atoms with Gasteiger partial charge in [0.25, 0.3) is 5.91 Å². The van der Waals surface area contributed by atoms with Gasteiger partial charge in [-0.05, 0) is 18.2 Å². The molecule has 0 spiro atoms. The van der Waals surface area contributed by atoms with Crippen LogP contribution in [-0.4, -0.2) is 29.1 Å². The molecule has 2 aromatic rings. The Bertz CT molecular complexity index is 668. The van der Waals surface area contributed by atoms with Gasteiger partial charge in [0.05, 0.1) is 18.4 Å². The molecule has 1 aromatic heterocycles. The van der Waals surface area contributed by atoms with E-state index in [0.29, 0.717) is 5.75 Å². The maximum Gasteiger partial charge on any atom is 0.335 e. The van der Waals surface area contributed by atoms with Crippen LogP contribution in [0.3, 0.4) is 0 Å². The minimum absolute atomic E-state index is 0.0406. The molecule has 1 amide bonds. The maximum atomic E-state index is 12.0. The number of nitrogen functional groups attached to an aromatic ring is 1. The molecule has 0 aliphatic heterocycles. The van der Waals surface area contributed by atoms with Gasteiger partial charge in [-0.15, -0.1) is 11.3 Å². The summed E-state index contributed by atoms with van der Waals surface area (Å²) in [5, 5.41) is 13.3. The van der Waals surface area contributed by atoms with Crippen LogP contribution in [0.1, 0.15) is 20.8 Å². The average molecular weight is 293 g/mol. The first kappa shape index (κ1) is 13.8. The molecule has 0 aliphatic carbocycles. The van der Waals surface area contributed by atoms with Crippen molar-refractivity contribution in [3.8, 4) is 5.75 Å².